The Labute approximate surface area is 122 Å². The Morgan fingerprint density at radius 3 is 3.00 bits per heavy atom. The number of nitrogens with one attached hydrogen (secondary N) is 1. The van der Waals surface area contributed by atoms with Crippen LogP contribution in [0.15, 0.2) is 29.8 Å². The summed E-state index contributed by atoms with van der Waals surface area (Å²) in [7, 11) is 0. The van der Waals surface area contributed by atoms with Crippen molar-refractivity contribution in [3.8, 4) is 6.07 Å². The summed E-state index contributed by atoms with van der Waals surface area (Å²) in [6.45, 7) is 2.91. The molecule has 2 aromatic heterocycles. The Bertz CT molecular complexity index is 623. The second kappa shape index (κ2) is 5.93. The molecule has 0 atom stereocenters. The van der Waals surface area contributed by atoms with Crippen LogP contribution in [0, 0.1) is 11.3 Å². The van der Waals surface area contributed by atoms with Gasteiger partial charge < -0.3 is 10.2 Å². The van der Waals surface area contributed by atoms with Gasteiger partial charge in [0.2, 0.25) is 0 Å². The van der Waals surface area contributed by atoms with Crippen molar-refractivity contribution < 1.29 is 0 Å². The largest absolute Gasteiger partial charge is 0.377 e. The number of aromatic nitrogens is 1. The van der Waals surface area contributed by atoms with Crippen molar-refractivity contribution in [2.24, 2.45) is 0 Å². The molecule has 0 unspecified atom stereocenters. The SMILES string of the molecule is N#Cc1csc(CNc2cccnc2N2CCCC2)c1. The lowest BCUT2D eigenvalue weighted by atomic mass is 10.3. The second-order valence-corrected chi connectivity index (χ2v) is 5.83. The first-order chi connectivity index (χ1) is 9.86. The first-order valence-corrected chi connectivity index (χ1v) is 7.66. The van der Waals surface area contributed by atoms with E-state index in [1.807, 2.05) is 23.7 Å². The maximum Gasteiger partial charge on any atom is 0.151 e. The molecule has 0 aromatic carbocycles. The third-order valence-corrected chi connectivity index (χ3v) is 4.36. The summed E-state index contributed by atoms with van der Waals surface area (Å²) >= 11 is 1.61. The molecule has 1 aliphatic rings. The zero-order valence-electron chi connectivity index (χ0n) is 11.2. The molecule has 0 bridgehead atoms. The smallest absolute Gasteiger partial charge is 0.151 e. The Morgan fingerprint density at radius 2 is 2.25 bits per heavy atom. The highest BCUT2D eigenvalue weighted by Gasteiger charge is 2.16. The number of anilines is 2. The fourth-order valence-corrected chi connectivity index (χ4v) is 3.18. The van der Waals surface area contributed by atoms with Gasteiger partial charge in [0.1, 0.15) is 6.07 Å². The second-order valence-electron chi connectivity index (χ2n) is 4.84. The summed E-state index contributed by atoms with van der Waals surface area (Å²) in [5, 5.41) is 14.2. The van der Waals surface area contributed by atoms with Gasteiger partial charge >= 0.3 is 0 Å². The minimum absolute atomic E-state index is 0.734. The zero-order valence-corrected chi connectivity index (χ0v) is 12.0. The predicted octanol–water partition coefficient (Wildman–Crippen LogP) is 3.23. The van der Waals surface area contributed by atoms with Crippen LogP contribution < -0.4 is 10.2 Å². The molecule has 20 heavy (non-hydrogen) atoms. The van der Waals surface area contributed by atoms with Crippen molar-refractivity contribution in [2.75, 3.05) is 23.3 Å². The average molecular weight is 284 g/mol. The molecule has 5 heteroatoms. The summed E-state index contributed by atoms with van der Waals surface area (Å²) in [6, 6.07) is 8.12. The number of thiophene rings is 1. The molecule has 1 aliphatic heterocycles. The van der Waals surface area contributed by atoms with E-state index >= 15 is 0 Å². The molecule has 102 valence electrons. The highest BCUT2D eigenvalue weighted by Crippen LogP contribution is 2.27. The van der Waals surface area contributed by atoms with Gasteiger partial charge in [-0.1, -0.05) is 0 Å². The summed E-state index contributed by atoms with van der Waals surface area (Å²) in [5.74, 6) is 1.04. The van der Waals surface area contributed by atoms with E-state index in [1.165, 1.54) is 12.8 Å². The Morgan fingerprint density at radius 1 is 1.40 bits per heavy atom. The monoisotopic (exact) mass is 284 g/mol. The van der Waals surface area contributed by atoms with E-state index in [0.29, 0.717) is 0 Å². The summed E-state index contributed by atoms with van der Waals surface area (Å²) in [5.41, 5.74) is 1.80. The van der Waals surface area contributed by atoms with Gasteiger partial charge in [-0.15, -0.1) is 11.3 Å². The van der Waals surface area contributed by atoms with Gasteiger partial charge in [0.15, 0.2) is 5.82 Å². The van der Waals surface area contributed by atoms with Crippen molar-refractivity contribution in [2.45, 2.75) is 19.4 Å². The number of rotatable bonds is 4. The summed E-state index contributed by atoms with van der Waals surface area (Å²) in [4.78, 5) is 8.00. The molecule has 0 spiro atoms. The van der Waals surface area contributed by atoms with E-state index in [1.54, 1.807) is 11.3 Å². The van der Waals surface area contributed by atoms with Crippen LogP contribution in [0.4, 0.5) is 11.5 Å². The van der Waals surface area contributed by atoms with Gasteiger partial charge in [-0.25, -0.2) is 4.98 Å². The molecule has 1 N–H and O–H groups in total. The molecule has 0 aliphatic carbocycles. The Hall–Kier alpha value is -2.06. The average Bonchev–Trinajstić information content (AvgIpc) is 3.17. The minimum Gasteiger partial charge on any atom is -0.377 e. The number of nitriles is 1. The predicted molar refractivity (Wildman–Crippen MR) is 82.0 cm³/mol. The molecule has 4 nitrogen and oxygen atoms in total. The third kappa shape index (κ3) is 2.75. The lowest BCUT2D eigenvalue weighted by molar-refractivity contribution is 0.935. The van der Waals surface area contributed by atoms with Crippen LogP contribution in [-0.2, 0) is 6.54 Å². The fourth-order valence-electron chi connectivity index (χ4n) is 2.43. The van der Waals surface area contributed by atoms with E-state index in [0.717, 1.165) is 41.6 Å². The fraction of sp³-hybridized carbons (Fsp3) is 0.333. The molecule has 0 radical (unpaired) electrons. The first kappa shape index (κ1) is 12.9. The minimum atomic E-state index is 0.734. The lowest BCUT2D eigenvalue weighted by Crippen LogP contribution is -2.20. The van der Waals surface area contributed by atoms with Crippen LogP contribution in [-0.4, -0.2) is 18.1 Å². The van der Waals surface area contributed by atoms with Crippen LogP contribution in [0.2, 0.25) is 0 Å². The number of hydrogen-bond acceptors (Lipinski definition) is 5. The van der Waals surface area contributed by atoms with Crippen LogP contribution in [0.3, 0.4) is 0 Å². The molecule has 1 saturated heterocycles. The van der Waals surface area contributed by atoms with Gasteiger partial charge in [-0.3, -0.25) is 0 Å². The van der Waals surface area contributed by atoms with E-state index in [2.05, 4.69) is 27.3 Å². The number of hydrogen-bond donors (Lipinski definition) is 1. The van der Waals surface area contributed by atoms with Crippen LogP contribution in [0.1, 0.15) is 23.3 Å². The number of pyridine rings is 1. The van der Waals surface area contributed by atoms with Crippen molar-refractivity contribution in [1.29, 1.82) is 5.26 Å². The van der Waals surface area contributed by atoms with Crippen LogP contribution in [0.5, 0.6) is 0 Å². The van der Waals surface area contributed by atoms with E-state index in [-0.39, 0.29) is 0 Å². The van der Waals surface area contributed by atoms with Gasteiger partial charge in [0, 0.05) is 36.1 Å². The van der Waals surface area contributed by atoms with E-state index < -0.39 is 0 Å². The molecule has 0 saturated carbocycles. The lowest BCUT2D eigenvalue weighted by Gasteiger charge is -2.20. The molecular weight excluding hydrogens is 268 g/mol. The topological polar surface area (TPSA) is 52.0 Å². The van der Waals surface area contributed by atoms with Crippen molar-refractivity contribution >= 4 is 22.8 Å². The maximum absolute atomic E-state index is 8.84. The van der Waals surface area contributed by atoms with Crippen LogP contribution >= 0.6 is 11.3 Å². The molecule has 2 aromatic rings. The highest BCUT2D eigenvalue weighted by atomic mass is 32.1. The normalized spacial score (nSPS) is 14.2. The van der Waals surface area contributed by atoms with Crippen molar-refractivity contribution in [3.63, 3.8) is 0 Å². The van der Waals surface area contributed by atoms with Crippen molar-refractivity contribution in [1.82, 2.24) is 4.98 Å². The maximum atomic E-state index is 8.84. The molecule has 1 fully saturated rings. The molecule has 0 amide bonds. The number of nitrogens with zero attached hydrogens (tertiary/aromatic N) is 3. The quantitative estimate of drug-likeness (QED) is 0.936. The molecular formula is C15H16N4S. The highest BCUT2D eigenvalue weighted by molar-refractivity contribution is 7.10. The Balaban J connectivity index is 1.72. The van der Waals surface area contributed by atoms with Crippen LogP contribution in [0.25, 0.3) is 0 Å². The molecule has 3 heterocycles. The van der Waals surface area contributed by atoms with Crippen molar-refractivity contribution in [3.05, 3.63) is 40.2 Å². The van der Waals surface area contributed by atoms with Gasteiger partial charge in [0.05, 0.1) is 11.3 Å². The van der Waals surface area contributed by atoms with E-state index in [9.17, 15) is 0 Å². The standard InChI is InChI=1S/C15H16N4S/c16-9-12-8-13(20-11-12)10-18-14-4-3-5-17-15(14)19-6-1-2-7-19/h3-5,8,11,18H,1-2,6-7,10H2. The van der Waals surface area contributed by atoms with Gasteiger partial charge in [-0.05, 0) is 31.0 Å². The first-order valence-electron chi connectivity index (χ1n) is 6.78. The zero-order chi connectivity index (χ0) is 13.8. The third-order valence-electron chi connectivity index (χ3n) is 3.43. The van der Waals surface area contributed by atoms with Gasteiger partial charge in [-0.2, -0.15) is 5.26 Å². The summed E-state index contributed by atoms with van der Waals surface area (Å²) in [6.07, 6.45) is 4.33. The molecule has 3 rings (SSSR count). The van der Waals surface area contributed by atoms with Gasteiger partial charge in [0.25, 0.3) is 0 Å². The summed E-state index contributed by atoms with van der Waals surface area (Å²) < 4.78 is 0. The Kier molecular flexibility index (Phi) is 3.84. The van der Waals surface area contributed by atoms with E-state index in [4.69, 9.17) is 5.26 Å².